The Kier molecular flexibility index (Phi) is 18.1. The highest BCUT2D eigenvalue weighted by Crippen LogP contribution is 2.21. The Balaban J connectivity index is 3.64. The number of unbranched alkanes of at least 4 members (excludes halogenated alkanes) is 8. The van der Waals surface area contributed by atoms with Crippen molar-refractivity contribution in [2.24, 2.45) is 0 Å². The van der Waals surface area contributed by atoms with E-state index in [-0.39, 0.29) is 5.97 Å². The molecule has 1 unspecified atom stereocenters. The summed E-state index contributed by atoms with van der Waals surface area (Å²) in [6.07, 6.45) is 15.7. The van der Waals surface area contributed by atoms with E-state index in [1.54, 1.807) is 0 Å². The highest BCUT2D eigenvalue weighted by molar-refractivity contribution is 7.31. The molecule has 0 fully saturated rings. The number of carbonyl (C=O) groups excluding carboxylic acids is 1. The van der Waals surface area contributed by atoms with Crippen molar-refractivity contribution < 1.29 is 14.1 Å². The van der Waals surface area contributed by atoms with Crippen LogP contribution in [0, 0.1) is 0 Å². The summed E-state index contributed by atoms with van der Waals surface area (Å²) in [6, 6.07) is 0. The molecule has 0 amide bonds. The van der Waals surface area contributed by atoms with Crippen molar-refractivity contribution in [3.8, 4) is 0 Å². The first-order chi connectivity index (χ1) is 11.2. The zero-order valence-corrected chi connectivity index (χ0v) is 16.5. The van der Waals surface area contributed by atoms with Crippen molar-refractivity contribution in [2.45, 2.75) is 96.5 Å². The van der Waals surface area contributed by atoms with Gasteiger partial charge in [0.1, 0.15) is 0 Å². The Morgan fingerprint density at radius 3 is 2.13 bits per heavy atom. The summed E-state index contributed by atoms with van der Waals surface area (Å²) in [4.78, 5) is 14.1. The lowest BCUT2D eigenvalue weighted by Gasteiger charge is -2.17. The van der Waals surface area contributed by atoms with Crippen LogP contribution in [0.15, 0.2) is 0 Å². The van der Waals surface area contributed by atoms with Gasteiger partial charge in [-0.05, 0) is 19.3 Å². The van der Waals surface area contributed by atoms with Crippen LogP contribution in [0.4, 0.5) is 0 Å². The number of carbonyl (C=O) groups is 1. The van der Waals surface area contributed by atoms with Crippen molar-refractivity contribution in [1.29, 1.82) is 0 Å². The van der Waals surface area contributed by atoms with Crippen LogP contribution in [0.2, 0.25) is 0 Å². The van der Waals surface area contributed by atoms with Crippen LogP contribution in [0.3, 0.4) is 0 Å². The maximum atomic E-state index is 11.0. The van der Waals surface area contributed by atoms with Crippen molar-refractivity contribution in [3.63, 3.8) is 0 Å². The van der Waals surface area contributed by atoms with Crippen LogP contribution in [0.25, 0.3) is 0 Å². The summed E-state index contributed by atoms with van der Waals surface area (Å²) >= 11 is 0. The molecular weight excluding hydrogens is 308 g/mol. The largest absolute Gasteiger partial charge is 0.469 e. The molecule has 0 aromatic heterocycles. The van der Waals surface area contributed by atoms with Gasteiger partial charge in [0, 0.05) is 6.42 Å². The average molecular weight is 345 g/mol. The number of hydrogen-bond donors (Lipinski definition) is 1. The van der Waals surface area contributed by atoms with Gasteiger partial charge in [-0.25, -0.2) is 0 Å². The minimum Gasteiger partial charge on any atom is -0.469 e. The van der Waals surface area contributed by atoms with Gasteiger partial charge in [-0.3, -0.25) is 4.79 Å². The Hall–Kier alpha value is -0.115. The molecule has 0 saturated carbocycles. The molecule has 1 N–H and O–H groups in total. The number of methoxy groups -OCH3 is 1. The number of nitrogens with one attached hydrogen (secondary N) is 1. The topological polar surface area (TPSA) is 47.6 Å². The third-order valence-corrected chi connectivity index (χ3v) is 4.75. The summed E-state index contributed by atoms with van der Waals surface area (Å²) in [5.74, 6) is -0.0931. The van der Waals surface area contributed by atoms with Gasteiger partial charge in [0.25, 0.3) is 0 Å². The monoisotopic (exact) mass is 345 g/mol. The second-order valence-electron chi connectivity index (χ2n) is 6.18. The standard InChI is InChI=1S/C17H37BNO3P/c1-3-4-5-6-7-10-13-16(22-23-19-18)14-11-8-9-12-15-17(20)21-2/h16,19,23H,3-15,18H2,1-2H3/t16-/m0/s1. The normalized spacial score (nSPS) is 12.8. The van der Waals surface area contributed by atoms with Crippen molar-refractivity contribution >= 4 is 22.9 Å². The van der Waals surface area contributed by atoms with Crippen LogP contribution in [0.1, 0.15) is 90.4 Å². The molecule has 0 rings (SSSR count). The molecule has 0 heterocycles. The summed E-state index contributed by atoms with van der Waals surface area (Å²) in [7, 11) is 3.80. The second kappa shape index (κ2) is 18.2. The van der Waals surface area contributed by atoms with Crippen LogP contribution in [0.5, 0.6) is 0 Å². The molecule has 23 heavy (non-hydrogen) atoms. The molecule has 0 aliphatic carbocycles. The van der Waals surface area contributed by atoms with Crippen LogP contribution < -0.4 is 5.00 Å². The summed E-state index contributed by atoms with van der Waals surface area (Å²) in [5.41, 5.74) is 0. The van der Waals surface area contributed by atoms with Gasteiger partial charge < -0.3 is 14.3 Å². The molecule has 2 atom stereocenters. The molecule has 136 valence electrons. The number of rotatable bonds is 17. The van der Waals surface area contributed by atoms with Crippen molar-refractivity contribution in [2.75, 3.05) is 7.11 Å². The molecule has 6 heteroatoms. The summed E-state index contributed by atoms with van der Waals surface area (Å²) in [6.45, 7) is 2.26. The summed E-state index contributed by atoms with van der Waals surface area (Å²) in [5, 5.41) is 0. The molecular formula is C17H37BNO3P. The predicted octanol–water partition coefficient (Wildman–Crippen LogP) is 4.28. The van der Waals surface area contributed by atoms with Gasteiger partial charge in [0.15, 0.2) is 7.98 Å². The Labute approximate surface area is 146 Å². The Morgan fingerprint density at radius 1 is 1.00 bits per heavy atom. The Bertz CT molecular complexity index is 270. The minimum atomic E-state index is -0.0931. The van der Waals surface area contributed by atoms with E-state index in [2.05, 4.69) is 16.7 Å². The van der Waals surface area contributed by atoms with Crippen LogP contribution >= 0.6 is 8.96 Å². The molecule has 0 aromatic rings. The van der Waals surface area contributed by atoms with Crippen molar-refractivity contribution in [1.82, 2.24) is 5.00 Å². The smallest absolute Gasteiger partial charge is 0.305 e. The predicted molar refractivity (Wildman–Crippen MR) is 103 cm³/mol. The molecule has 0 bridgehead atoms. The molecule has 0 aromatic carbocycles. The van der Waals surface area contributed by atoms with Gasteiger partial charge in [-0.2, -0.15) is 0 Å². The first-order valence-corrected chi connectivity index (χ1v) is 10.3. The lowest BCUT2D eigenvalue weighted by molar-refractivity contribution is -0.140. The lowest BCUT2D eigenvalue weighted by atomic mass is 10.0. The number of hydrogen-bond acceptors (Lipinski definition) is 4. The second-order valence-corrected chi connectivity index (χ2v) is 7.12. The number of ether oxygens (including phenoxy) is 1. The van der Waals surface area contributed by atoms with Gasteiger partial charge in [-0.1, -0.05) is 64.7 Å². The molecule has 0 saturated heterocycles. The highest BCUT2D eigenvalue weighted by Gasteiger charge is 2.09. The molecule has 4 nitrogen and oxygen atoms in total. The fraction of sp³-hybridized carbons (Fsp3) is 0.941. The van der Waals surface area contributed by atoms with E-state index in [1.807, 2.05) is 7.98 Å². The molecule has 0 radical (unpaired) electrons. The zero-order chi connectivity index (χ0) is 17.2. The van der Waals surface area contributed by atoms with E-state index in [0.717, 1.165) is 19.3 Å². The van der Waals surface area contributed by atoms with E-state index >= 15 is 0 Å². The van der Waals surface area contributed by atoms with Crippen molar-refractivity contribution in [3.05, 3.63) is 0 Å². The van der Waals surface area contributed by atoms with E-state index in [9.17, 15) is 4.79 Å². The summed E-state index contributed by atoms with van der Waals surface area (Å²) < 4.78 is 10.6. The SMILES string of the molecule is BNPO[C@@H](CCCCCCCC)CCCCCCC(=O)OC. The fourth-order valence-corrected chi connectivity index (χ4v) is 3.17. The third-order valence-electron chi connectivity index (χ3n) is 4.09. The molecule has 0 aliphatic heterocycles. The first kappa shape index (κ1) is 22.9. The van der Waals surface area contributed by atoms with Crippen LogP contribution in [-0.2, 0) is 14.1 Å². The van der Waals surface area contributed by atoms with Gasteiger partial charge in [-0.15, -0.1) is 0 Å². The first-order valence-electron chi connectivity index (χ1n) is 9.38. The minimum absolute atomic E-state index is 0.0931. The van der Waals surface area contributed by atoms with Gasteiger partial charge >= 0.3 is 5.97 Å². The van der Waals surface area contributed by atoms with Crippen LogP contribution in [-0.4, -0.2) is 27.2 Å². The number of esters is 1. The average Bonchev–Trinajstić information content (AvgIpc) is 2.57. The molecule has 0 spiro atoms. The highest BCUT2D eigenvalue weighted by atomic mass is 31.1. The van der Waals surface area contributed by atoms with Gasteiger partial charge in [0.2, 0.25) is 0 Å². The third kappa shape index (κ3) is 16.5. The fourth-order valence-electron chi connectivity index (χ4n) is 2.65. The maximum absolute atomic E-state index is 11.0. The molecule has 0 aliphatic rings. The van der Waals surface area contributed by atoms with E-state index in [1.165, 1.54) is 64.9 Å². The van der Waals surface area contributed by atoms with Gasteiger partial charge in [0.05, 0.1) is 22.2 Å². The van der Waals surface area contributed by atoms with E-state index in [0.29, 0.717) is 21.5 Å². The quantitative estimate of drug-likeness (QED) is 0.185. The van der Waals surface area contributed by atoms with E-state index < -0.39 is 0 Å². The van der Waals surface area contributed by atoms with E-state index in [4.69, 9.17) is 4.52 Å². The maximum Gasteiger partial charge on any atom is 0.305 e. The Morgan fingerprint density at radius 2 is 1.57 bits per heavy atom. The zero-order valence-electron chi connectivity index (χ0n) is 15.5. The lowest BCUT2D eigenvalue weighted by Crippen LogP contribution is -2.11.